The number of hydrogen-bond donors (Lipinski definition) is 1. The summed E-state index contributed by atoms with van der Waals surface area (Å²) < 4.78 is 16.3. The Balaban J connectivity index is 2.02. The minimum absolute atomic E-state index is 0.145. The zero-order valence-corrected chi connectivity index (χ0v) is 16.1. The molecule has 0 atom stereocenters. The molecule has 0 aliphatic carbocycles. The highest BCUT2D eigenvalue weighted by Crippen LogP contribution is 2.33. The summed E-state index contributed by atoms with van der Waals surface area (Å²) in [5, 5.41) is 14.9. The van der Waals surface area contributed by atoms with Crippen LogP contribution in [0.1, 0.15) is 5.56 Å². The van der Waals surface area contributed by atoms with Crippen LogP contribution in [0.3, 0.4) is 0 Å². The van der Waals surface area contributed by atoms with Crippen molar-refractivity contribution in [3.8, 4) is 17.2 Å². The van der Waals surface area contributed by atoms with Gasteiger partial charge in [-0.1, -0.05) is 15.9 Å². The van der Waals surface area contributed by atoms with Crippen LogP contribution in [0.15, 0.2) is 46.0 Å². The molecule has 0 spiro atoms. The molecule has 0 radical (unpaired) electrons. The first-order chi connectivity index (χ1) is 12.9. The van der Waals surface area contributed by atoms with Gasteiger partial charge in [-0.05, 0) is 30.3 Å². The van der Waals surface area contributed by atoms with Crippen molar-refractivity contribution in [3.05, 3.63) is 56.5 Å². The van der Waals surface area contributed by atoms with E-state index in [1.54, 1.807) is 24.3 Å². The van der Waals surface area contributed by atoms with Gasteiger partial charge >= 0.3 is 0 Å². The SMILES string of the molecule is COc1cc(/C=N/NC(=O)COc2ccc(Br)cc2)c([N+](=O)[O-])cc1OC. The van der Waals surface area contributed by atoms with Crippen molar-refractivity contribution < 1.29 is 23.9 Å². The number of nitro groups is 1. The van der Waals surface area contributed by atoms with E-state index in [2.05, 4.69) is 26.5 Å². The first kappa shape index (κ1) is 20.2. The lowest BCUT2D eigenvalue weighted by molar-refractivity contribution is -0.385. The summed E-state index contributed by atoms with van der Waals surface area (Å²) in [6.45, 7) is -0.257. The molecule has 2 rings (SSSR count). The van der Waals surface area contributed by atoms with E-state index in [1.807, 2.05) is 0 Å². The summed E-state index contributed by atoms with van der Waals surface area (Å²) in [6, 6.07) is 9.58. The molecule has 0 saturated heterocycles. The molecule has 0 saturated carbocycles. The highest BCUT2D eigenvalue weighted by molar-refractivity contribution is 9.10. The van der Waals surface area contributed by atoms with Crippen molar-refractivity contribution in [2.24, 2.45) is 5.10 Å². The highest BCUT2D eigenvalue weighted by Gasteiger charge is 2.18. The van der Waals surface area contributed by atoms with E-state index in [9.17, 15) is 14.9 Å². The molecule has 9 nitrogen and oxygen atoms in total. The van der Waals surface area contributed by atoms with E-state index >= 15 is 0 Å². The van der Waals surface area contributed by atoms with E-state index in [4.69, 9.17) is 14.2 Å². The van der Waals surface area contributed by atoms with Crippen LogP contribution >= 0.6 is 15.9 Å². The van der Waals surface area contributed by atoms with E-state index in [-0.39, 0.29) is 23.6 Å². The quantitative estimate of drug-likeness (QED) is 0.385. The second kappa shape index (κ2) is 9.53. The number of carbonyl (C=O) groups is 1. The Kier molecular flexibility index (Phi) is 7.12. The number of nitrogens with zero attached hydrogens (tertiary/aromatic N) is 2. The summed E-state index contributed by atoms with van der Waals surface area (Å²) >= 11 is 3.30. The van der Waals surface area contributed by atoms with Crippen molar-refractivity contribution in [1.29, 1.82) is 0 Å². The molecule has 10 heteroatoms. The Labute approximate surface area is 163 Å². The predicted octanol–water partition coefficient (Wildman–Crippen LogP) is 2.90. The van der Waals surface area contributed by atoms with E-state index in [0.717, 1.165) is 10.7 Å². The van der Waals surface area contributed by atoms with Gasteiger partial charge in [-0.25, -0.2) is 5.43 Å². The van der Waals surface area contributed by atoms with E-state index in [1.165, 1.54) is 26.4 Å². The number of nitro benzene ring substituents is 1. The van der Waals surface area contributed by atoms with Gasteiger partial charge in [0, 0.05) is 4.47 Å². The summed E-state index contributed by atoms with van der Waals surface area (Å²) in [4.78, 5) is 22.4. The van der Waals surface area contributed by atoms with Crippen LogP contribution in [0.4, 0.5) is 5.69 Å². The second-order valence-electron chi connectivity index (χ2n) is 5.06. The van der Waals surface area contributed by atoms with Crippen molar-refractivity contribution >= 4 is 33.7 Å². The Morgan fingerprint density at radius 2 is 1.85 bits per heavy atom. The summed E-state index contributed by atoms with van der Waals surface area (Å²) in [7, 11) is 2.78. The van der Waals surface area contributed by atoms with Crippen molar-refractivity contribution in [2.45, 2.75) is 0 Å². The number of ether oxygens (including phenoxy) is 3. The van der Waals surface area contributed by atoms with Crippen LogP contribution in [0.25, 0.3) is 0 Å². The van der Waals surface area contributed by atoms with Crippen LogP contribution in [0.2, 0.25) is 0 Å². The monoisotopic (exact) mass is 437 g/mol. The highest BCUT2D eigenvalue weighted by atomic mass is 79.9. The van der Waals surface area contributed by atoms with Gasteiger partial charge < -0.3 is 14.2 Å². The zero-order valence-electron chi connectivity index (χ0n) is 14.5. The van der Waals surface area contributed by atoms with Gasteiger partial charge in [0.15, 0.2) is 18.1 Å². The maximum absolute atomic E-state index is 11.8. The molecule has 0 unspecified atom stereocenters. The number of hydrazone groups is 1. The molecular weight excluding hydrogens is 422 g/mol. The largest absolute Gasteiger partial charge is 0.493 e. The van der Waals surface area contributed by atoms with Crippen LogP contribution in [0.5, 0.6) is 17.2 Å². The molecule has 0 aliphatic heterocycles. The van der Waals surface area contributed by atoms with Crippen molar-refractivity contribution in [2.75, 3.05) is 20.8 Å². The van der Waals surface area contributed by atoms with Crippen molar-refractivity contribution in [3.63, 3.8) is 0 Å². The number of benzene rings is 2. The summed E-state index contributed by atoms with van der Waals surface area (Å²) in [5.74, 6) is 0.521. The Morgan fingerprint density at radius 3 is 2.44 bits per heavy atom. The Morgan fingerprint density at radius 1 is 1.22 bits per heavy atom. The normalized spacial score (nSPS) is 10.5. The van der Waals surface area contributed by atoms with Crippen molar-refractivity contribution in [1.82, 2.24) is 5.43 Å². The Hall–Kier alpha value is -3.14. The minimum Gasteiger partial charge on any atom is -0.493 e. The molecule has 0 aliphatic rings. The first-order valence-electron chi connectivity index (χ1n) is 7.55. The van der Waals surface area contributed by atoms with Gasteiger partial charge in [0.2, 0.25) is 0 Å². The Bertz CT molecular complexity index is 854. The lowest BCUT2D eigenvalue weighted by Gasteiger charge is -2.08. The molecule has 0 heterocycles. The van der Waals surface area contributed by atoms with Gasteiger partial charge in [0.05, 0.1) is 37.0 Å². The van der Waals surface area contributed by atoms with Crippen LogP contribution in [-0.4, -0.2) is 37.9 Å². The maximum Gasteiger partial charge on any atom is 0.282 e. The average Bonchev–Trinajstić information content (AvgIpc) is 2.66. The summed E-state index contributed by atoms with van der Waals surface area (Å²) in [5.41, 5.74) is 2.15. The molecule has 1 amide bonds. The third kappa shape index (κ3) is 5.68. The van der Waals surface area contributed by atoms with Gasteiger partial charge in [0.1, 0.15) is 5.75 Å². The smallest absolute Gasteiger partial charge is 0.282 e. The lowest BCUT2D eigenvalue weighted by atomic mass is 10.1. The minimum atomic E-state index is -0.582. The third-order valence-corrected chi connectivity index (χ3v) is 3.83. The molecule has 1 N–H and O–H groups in total. The molecule has 0 bridgehead atoms. The average molecular weight is 438 g/mol. The fourth-order valence-electron chi connectivity index (χ4n) is 2.03. The van der Waals surface area contributed by atoms with Gasteiger partial charge in [0.25, 0.3) is 11.6 Å². The fourth-order valence-corrected chi connectivity index (χ4v) is 2.30. The predicted molar refractivity (Wildman–Crippen MR) is 102 cm³/mol. The van der Waals surface area contributed by atoms with Crippen LogP contribution in [0, 0.1) is 10.1 Å². The molecular formula is C17H16BrN3O6. The van der Waals surface area contributed by atoms with Gasteiger partial charge in [-0.3, -0.25) is 14.9 Å². The fraction of sp³-hybridized carbons (Fsp3) is 0.176. The van der Waals surface area contributed by atoms with E-state index < -0.39 is 10.8 Å². The first-order valence-corrected chi connectivity index (χ1v) is 8.34. The number of halogens is 1. The molecule has 2 aromatic carbocycles. The molecule has 27 heavy (non-hydrogen) atoms. The molecule has 2 aromatic rings. The molecule has 0 aromatic heterocycles. The summed E-state index contributed by atoms with van der Waals surface area (Å²) in [6.07, 6.45) is 1.15. The number of hydrogen-bond acceptors (Lipinski definition) is 7. The van der Waals surface area contributed by atoms with E-state index in [0.29, 0.717) is 11.5 Å². The van der Waals surface area contributed by atoms with Gasteiger partial charge in [-0.2, -0.15) is 5.10 Å². The number of rotatable bonds is 8. The lowest BCUT2D eigenvalue weighted by Crippen LogP contribution is -2.24. The van der Waals surface area contributed by atoms with Crippen LogP contribution < -0.4 is 19.6 Å². The number of nitrogens with one attached hydrogen (secondary N) is 1. The second-order valence-corrected chi connectivity index (χ2v) is 5.97. The molecule has 142 valence electrons. The zero-order chi connectivity index (χ0) is 19.8. The standard InChI is InChI=1S/C17H16BrN3O6/c1-25-15-7-11(14(21(23)24)8-16(15)26-2)9-19-20-17(22)10-27-13-5-3-12(18)4-6-13/h3-9H,10H2,1-2H3,(H,20,22)/b19-9+. The number of methoxy groups -OCH3 is 2. The topological polar surface area (TPSA) is 112 Å². The maximum atomic E-state index is 11.8. The number of carbonyl (C=O) groups excluding carboxylic acids is 1. The van der Waals surface area contributed by atoms with Crippen LogP contribution in [-0.2, 0) is 4.79 Å². The van der Waals surface area contributed by atoms with Gasteiger partial charge in [-0.15, -0.1) is 0 Å². The third-order valence-electron chi connectivity index (χ3n) is 3.31. The molecule has 0 fully saturated rings. The number of amides is 1.